The summed E-state index contributed by atoms with van der Waals surface area (Å²) in [6, 6.07) is 2.11. The van der Waals surface area contributed by atoms with E-state index in [4.69, 9.17) is 5.73 Å². The molecule has 0 bridgehead atoms. The zero-order valence-corrected chi connectivity index (χ0v) is 20.9. The fourth-order valence-electron chi connectivity index (χ4n) is 4.74. The molecule has 0 aliphatic carbocycles. The number of nitrogens with zero attached hydrogens (tertiary/aromatic N) is 1. The summed E-state index contributed by atoms with van der Waals surface area (Å²) in [4.78, 5) is 37.7. The highest BCUT2D eigenvalue weighted by Crippen LogP contribution is 2.31. The molecule has 2 heterocycles. The van der Waals surface area contributed by atoms with Gasteiger partial charge in [-0.25, -0.2) is 18.0 Å². The number of amides is 3. The van der Waals surface area contributed by atoms with E-state index in [2.05, 4.69) is 22.3 Å². The minimum Gasteiger partial charge on any atom is -0.480 e. The number of hydrogen-bond donors (Lipinski definition) is 5. The Bertz CT molecular complexity index is 1060. The van der Waals surface area contributed by atoms with Gasteiger partial charge in [0.05, 0.1) is 5.69 Å². The first-order valence-electron chi connectivity index (χ1n) is 11.9. The number of carboxylic acid groups (broad SMARTS) is 1. The smallest absolute Gasteiger partial charge is 0.326 e. The molecule has 1 aromatic carbocycles. The number of fused-ring (bicyclic) bond motifs is 1. The van der Waals surface area contributed by atoms with Crippen molar-refractivity contribution >= 4 is 33.6 Å². The predicted octanol–water partition coefficient (Wildman–Crippen LogP) is 1.10. The first-order valence-corrected chi connectivity index (χ1v) is 13.4. The number of anilines is 1. The maximum Gasteiger partial charge on any atom is 0.326 e. The lowest BCUT2D eigenvalue weighted by molar-refractivity contribution is -0.153. The molecule has 6 N–H and O–H groups in total. The van der Waals surface area contributed by atoms with Crippen molar-refractivity contribution in [1.82, 2.24) is 14.9 Å². The monoisotopic (exact) mass is 509 g/mol. The third-order valence-corrected chi connectivity index (χ3v) is 8.11. The number of primary amides is 1. The van der Waals surface area contributed by atoms with Crippen LogP contribution in [-0.4, -0.2) is 68.0 Å². The summed E-state index contributed by atoms with van der Waals surface area (Å²) in [6.07, 6.45) is 2.01. The zero-order valence-electron chi connectivity index (χ0n) is 20.1. The molecule has 1 aromatic rings. The van der Waals surface area contributed by atoms with Crippen LogP contribution in [0.5, 0.6) is 0 Å². The molecule has 194 valence electrons. The first-order chi connectivity index (χ1) is 16.5. The number of piperidine rings is 1. The Labute approximate surface area is 205 Å². The molecule has 1 saturated heterocycles. The largest absolute Gasteiger partial charge is 0.480 e. The number of rotatable bonds is 9. The van der Waals surface area contributed by atoms with Gasteiger partial charge in [-0.05, 0) is 55.6 Å². The van der Waals surface area contributed by atoms with E-state index in [1.165, 1.54) is 11.0 Å². The Kier molecular flexibility index (Phi) is 8.60. The number of likely N-dealkylation sites (tertiary alicyclic amines) is 1. The quantitative estimate of drug-likeness (QED) is 0.310. The van der Waals surface area contributed by atoms with Crippen molar-refractivity contribution in [1.29, 1.82) is 0 Å². The van der Waals surface area contributed by atoms with Gasteiger partial charge in [0.1, 0.15) is 17.0 Å². The molecule has 35 heavy (non-hydrogen) atoms. The second kappa shape index (κ2) is 11.3. The molecule has 0 aromatic heterocycles. The summed E-state index contributed by atoms with van der Waals surface area (Å²) in [5.74, 6) is -1.20. The zero-order chi connectivity index (χ0) is 25.8. The predicted molar refractivity (Wildman–Crippen MR) is 130 cm³/mol. The van der Waals surface area contributed by atoms with Gasteiger partial charge < -0.3 is 26.4 Å². The summed E-state index contributed by atoms with van der Waals surface area (Å²) in [5, 5.41) is 15.3. The number of sulfonamides is 1. The van der Waals surface area contributed by atoms with Gasteiger partial charge in [0.15, 0.2) is 0 Å². The van der Waals surface area contributed by atoms with Gasteiger partial charge in [0.2, 0.25) is 15.9 Å². The first kappa shape index (κ1) is 26.7. The van der Waals surface area contributed by atoms with E-state index in [9.17, 15) is 27.9 Å². The van der Waals surface area contributed by atoms with Crippen molar-refractivity contribution in [2.24, 2.45) is 17.6 Å². The number of carbonyl (C=O) groups is 3. The molecular formula is C23H35N5O6S. The lowest BCUT2D eigenvalue weighted by atomic mass is 9.91. The lowest BCUT2D eigenvalue weighted by Crippen LogP contribution is -2.56. The van der Waals surface area contributed by atoms with Crippen LogP contribution in [0.1, 0.15) is 45.1 Å². The van der Waals surface area contributed by atoms with Gasteiger partial charge in [-0.1, -0.05) is 26.0 Å². The summed E-state index contributed by atoms with van der Waals surface area (Å²) >= 11 is 0. The van der Waals surface area contributed by atoms with Crippen LogP contribution >= 0.6 is 0 Å². The highest BCUT2D eigenvalue weighted by atomic mass is 32.2. The van der Waals surface area contributed by atoms with Crippen LogP contribution < -0.4 is 21.1 Å². The number of carboxylic acids is 1. The lowest BCUT2D eigenvalue weighted by Gasteiger charge is -2.38. The number of carbonyl (C=O) groups excluding carboxylic acids is 2. The summed E-state index contributed by atoms with van der Waals surface area (Å²) in [7, 11) is -4.12. The molecule has 2 aliphatic heterocycles. The number of urea groups is 1. The molecule has 1 unspecified atom stereocenters. The molecule has 2 aliphatic rings. The maximum absolute atomic E-state index is 13.5. The average Bonchev–Trinajstić information content (AvgIpc) is 2.79. The van der Waals surface area contributed by atoms with E-state index in [-0.39, 0.29) is 36.7 Å². The Morgan fingerprint density at radius 3 is 2.69 bits per heavy atom. The molecule has 1 fully saturated rings. The summed E-state index contributed by atoms with van der Waals surface area (Å²) < 4.78 is 29.5. The molecule has 4 atom stereocenters. The minimum atomic E-state index is -4.12. The van der Waals surface area contributed by atoms with Crippen molar-refractivity contribution in [3.63, 3.8) is 0 Å². The van der Waals surface area contributed by atoms with Crippen molar-refractivity contribution < 1.29 is 27.9 Å². The van der Waals surface area contributed by atoms with Gasteiger partial charge in [0.25, 0.3) is 0 Å². The Morgan fingerprint density at radius 1 is 1.26 bits per heavy atom. The van der Waals surface area contributed by atoms with Crippen LogP contribution in [0.4, 0.5) is 10.5 Å². The highest BCUT2D eigenvalue weighted by molar-refractivity contribution is 7.89. The van der Waals surface area contributed by atoms with Gasteiger partial charge in [-0.15, -0.1) is 0 Å². The van der Waals surface area contributed by atoms with Crippen molar-refractivity contribution in [2.75, 3.05) is 25.0 Å². The van der Waals surface area contributed by atoms with E-state index in [0.717, 1.165) is 12.0 Å². The van der Waals surface area contributed by atoms with E-state index in [1.54, 1.807) is 6.07 Å². The van der Waals surface area contributed by atoms with E-state index < -0.39 is 40.0 Å². The SMILES string of the molecule is CC1CNc2c(cccc2S(=O)(=O)N[C@@H](CCCNC(N)=O)C(=O)N2CC[C@@H](C)C[C@@H]2C(=O)O)C1. The number of benzene rings is 1. The van der Waals surface area contributed by atoms with Gasteiger partial charge in [0, 0.05) is 19.6 Å². The van der Waals surface area contributed by atoms with E-state index in [1.807, 2.05) is 13.0 Å². The van der Waals surface area contributed by atoms with Gasteiger partial charge >= 0.3 is 12.0 Å². The molecule has 11 nitrogen and oxygen atoms in total. The summed E-state index contributed by atoms with van der Waals surface area (Å²) in [5.41, 5.74) is 6.50. The summed E-state index contributed by atoms with van der Waals surface area (Å²) in [6.45, 7) is 5.02. The second-order valence-corrected chi connectivity index (χ2v) is 11.3. The van der Waals surface area contributed by atoms with Crippen molar-refractivity contribution in [3.05, 3.63) is 23.8 Å². The minimum absolute atomic E-state index is 0.0528. The molecule has 0 saturated carbocycles. The third kappa shape index (κ3) is 6.63. The van der Waals surface area contributed by atoms with E-state index in [0.29, 0.717) is 31.0 Å². The normalized spacial score (nSPS) is 23.0. The molecule has 0 radical (unpaired) electrons. The molecule has 12 heteroatoms. The Hall–Kier alpha value is -2.86. The maximum atomic E-state index is 13.5. The molecule has 3 rings (SSSR count). The van der Waals surface area contributed by atoms with E-state index >= 15 is 0 Å². The number of hydrogen-bond acceptors (Lipinski definition) is 6. The topological polar surface area (TPSA) is 171 Å². The number of nitrogens with two attached hydrogens (primary N) is 1. The van der Waals surface area contributed by atoms with Crippen LogP contribution in [0, 0.1) is 11.8 Å². The van der Waals surface area contributed by atoms with Gasteiger partial charge in [-0.3, -0.25) is 4.79 Å². The highest BCUT2D eigenvalue weighted by Gasteiger charge is 2.39. The van der Waals surface area contributed by atoms with Crippen LogP contribution in [0.3, 0.4) is 0 Å². The fourth-order valence-corrected chi connectivity index (χ4v) is 6.19. The van der Waals surface area contributed by atoms with Crippen LogP contribution in [-0.2, 0) is 26.0 Å². The number of para-hydroxylation sites is 1. The van der Waals surface area contributed by atoms with Crippen LogP contribution in [0.2, 0.25) is 0 Å². The fraction of sp³-hybridized carbons (Fsp3) is 0.609. The van der Waals surface area contributed by atoms with Crippen molar-refractivity contribution in [3.8, 4) is 0 Å². The van der Waals surface area contributed by atoms with Crippen LogP contribution in [0.25, 0.3) is 0 Å². The standard InChI is InChI=1S/C23H35N5O6S/c1-14-8-10-28(18(12-14)22(30)31)21(29)17(6-4-9-25-23(24)32)27-35(33,34)19-7-3-5-16-11-15(2)13-26-20(16)19/h3,5,7,14-15,17-18,26-27H,4,6,8-13H2,1-2H3,(H,30,31)(H3,24,25,32)/t14-,15?,17+,18-/m1/s1. The van der Waals surface area contributed by atoms with Crippen LogP contribution in [0.15, 0.2) is 23.1 Å². The molecule has 0 spiro atoms. The Balaban J connectivity index is 1.87. The average molecular weight is 510 g/mol. The number of aliphatic carboxylic acids is 1. The molecular weight excluding hydrogens is 474 g/mol. The number of nitrogens with one attached hydrogen (secondary N) is 3. The van der Waals surface area contributed by atoms with Gasteiger partial charge in [-0.2, -0.15) is 4.72 Å². The molecule has 3 amide bonds. The Morgan fingerprint density at radius 2 is 2.00 bits per heavy atom. The third-order valence-electron chi connectivity index (χ3n) is 6.59. The van der Waals surface area contributed by atoms with Crippen molar-refractivity contribution in [2.45, 2.75) is 62.9 Å². The second-order valence-electron chi connectivity index (χ2n) is 9.60.